The summed E-state index contributed by atoms with van der Waals surface area (Å²) in [6.45, 7) is 4.06. The van der Waals surface area contributed by atoms with Gasteiger partial charge in [-0.15, -0.1) is 0 Å². The van der Waals surface area contributed by atoms with Crippen LogP contribution < -0.4 is 0 Å². The van der Waals surface area contributed by atoms with Crippen LogP contribution in [0.3, 0.4) is 0 Å². The largest absolute Gasteiger partial charge is 0.426 e. The van der Waals surface area contributed by atoms with Gasteiger partial charge in [0.2, 0.25) is 0 Å². The smallest absolute Gasteiger partial charge is 0.250 e. The van der Waals surface area contributed by atoms with Crippen molar-refractivity contribution in [3.8, 4) is 0 Å². The highest BCUT2D eigenvalue weighted by Gasteiger charge is 2.13. The summed E-state index contributed by atoms with van der Waals surface area (Å²) >= 11 is 0. The Labute approximate surface area is 156 Å². The van der Waals surface area contributed by atoms with Gasteiger partial charge in [0.05, 0.1) is 13.2 Å². The standard InChI is InChI=1S/C19H40O5S/c1-4-5-6-7-8-9-10-11-12-13-14-15-16-17-18-19(2)23-24-25(20,21)22-3/h19H,4-18H2,1-3H3. The van der Waals surface area contributed by atoms with E-state index in [0.29, 0.717) is 0 Å². The molecule has 0 N–H and O–H groups in total. The normalized spacial score (nSPS) is 13.2. The maximum atomic E-state index is 10.9. The van der Waals surface area contributed by atoms with Gasteiger partial charge in [0.15, 0.2) is 0 Å². The van der Waals surface area contributed by atoms with E-state index in [4.69, 9.17) is 4.89 Å². The number of unbranched alkanes of at least 4 members (excludes halogenated alkanes) is 13. The third-order valence-electron chi connectivity index (χ3n) is 4.46. The summed E-state index contributed by atoms with van der Waals surface area (Å²) in [5.74, 6) is 0. The molecule has 0 aliphatic heterocycles. The highest BCUT2D eigenvalue weighted by atomic mass is 32.3. The quantitative estimate of drug-likeness (QED) is 0.154. The summed E-state index contributed by atoms with van der Waals surface area (Å²) in [6.07, 6.45) is 19.1. The molecule has 0 aliphatic carbocycles. The van der Waals surface area contributed by atoms with Crippen molar-refractivity contribution >= 4 is 10.4 Å². The molecule has 0 amide bonds. The second kappa shape index (κ2) is 17.3. The van der Waals surface area contributed by atoms with E-state index in [2.05, 4.69) is 15.4 Å². The fraction of sp³-hybridized carbons (Fsp3) is 1.00. The Morgan fingerprint density at radius 2 is 1.12 bits per heavy atom. The average molecular weight is 381 g/mol. The van der Waals surface area contributed by atoms with Crippen molar-refractivity contribution in [1.82, 2.24) is 0 Å². The fourth-order valence-electron chi connectivity index (χ4n) is 2.82. The molecular formula is C19H40O5S. The molecule has 0 saturated carbocycles. The van der Waals surface area contributed by atoms with Gasteiger partial charge in [-0.25, -0.2) is 9.07 Å². The first-order valence-electron chi connectivity index (χ1n) is 10.2. The number of rotatable bonds is 19. The first-order valence-corrected chi connectivity index (χ1v) is 11.5. The van der Waals surface area contributed by atoms with Gasteiger partial charge in [-0.05, 0) is 13.3 Å². The molecule has 0 rings (SSSR count). The Balaban J connectivity index is 3.23. The molecule has 0 heterocycles. The second-order valence-corrected chi connectivity index (χ2v) is 8.22. The zero-order valence-corrected chi connectivity index (χ0v) is 17.4. The van der Waals surface area contributed by atoms with Crippen LogP contribution in [0.4, 0.5) is 0 Å². The second-order valence-electron chi connectivity index (χ2n) is 6.93. The molecule has 1 unspecified atom stereocenters. The van der Waals surface area contributed by atoms with E-state index in [0.717, 1.165) is 26.4 Å². The van der Waals surface area contributed by atoms with E-state index >= 15 is 0 Å². The Hall–Kier alpha value is -0.170. The molecule has 0 aromatic rings. The van der Waals surface area contributed by atoms with Crippen LogP contribution in [0.25, 0.3) is 0 Å². The van der Waals surface area contributed by atoms with Crippen LogP contribution in [0.5, 0.6) is 0 Å². The molecule has 6 heteroatoms. The Morgan fingerprint density at radius 1 is 0.720 bits per heavy atom. The van der Waals surface area contributed by atoms with Crippen LogP contribution >= 0.6 is 0 Å². The van der Waals surface area contributed by atoms with Crippen LogP contribution in [0.2, 0.25) is 0 Å². The highest BCUT2D eigenvalue weighted by Crippen LogP contribution is 2.14. The minimum absolute atomic E-state index is 0.248. The molecule has 1 atom stereocenters. The fourth-order valence-corrected chi connectivity index (χ4v) is 3.10. The molecule has 0 aliphatic rings. The summed E-state index contributed by atoms with van der Waals surface area (Å²) < 4.78 is 30.3. The monoisotopic (exact) mass is 380 g/mol. The van der Waals surface area contributed by atoms with Crippen molar-refractivity contribution < 1.29 is 21.8 Å². The molecule has 0 saturated heterocycles. The SMILES string of the molecule is CCCCCCCCCCCCCCCCC(C)OOS(=O)(=O)OC. The molecule has 0 aromatic heterocycles. The molecule has 0 aromatic carbocycles. The van der Waals surface area contributed by atoms with Gasteiger partial charge in [-0.2, -0.15) is 8.42 Å². The topological polar surface area (TPSA) is 61.8 Å². The zero-order valence-electron chi connectivity index (χ0n) is 16.6. The molecule has 0 fully saturated rings. The molecule has 5 nitrogen and oxygen atoms in total. The zero-order chi connectivity index (χ0) is 18.8. The molecule has 0 spiro atoms. The van der Waals surface area contributed by atoms with Crippen LogP contribution in [-0.2, 0) is 23.8 Å². The summed E-state index contributed by atoms with van der Waals surface area (Å²) in [7, 11) is -2.96. The van der Waals surface area contributed by atoms with E-state index in [-0.39, 0.29) is 6.10 Å². The lowest BCUT2D eigenvalue weighted by atomic mass is 10.0. The molecule has 152 valence electrons. The van der Waals surface area contributed by atoms with Gasteiger partial charge in [-0.3, -0.25) is 0 Å². The van der Waals surface area contributed by atoms with Crippen molar-refractivity contribution in [2.45, 2.75) is 116 Å². The van der Waals surface area contributed by atoms with Crippen molar-refractivity contribution in [3.05, 3.63) is 0 Å². The van der Waals surface area contributed by atoms with E-state index in [9.17, 15) is 8.42 Å². The molecule has 25 heavy (non-hydrogen) atoms. The maximum Gasteiger partial charge on any atom is 0.426 e. The van der Waals surface area contributed by atoms with E-state index < -0.39 is 10.4 Å². The lowest BCUT2D eigenvalue weighted by Crippen LogP contribution is -2.14. The Bertz CT molecular complexity index is 370. The molecular weight excluding hydrogens is 340 g/mol. The van der Waals surface area contributed by atoms with Crippen molar-refractivity contribution in [3.63, 3.8) is 0 Å². The van der Waals surface area contributed by atoms with E-state index in [1.165, 1.54) is 77.0 Å². The van der Waals surface area contributed by atoms with Gasteiger partial charge in [0.1, 0.15) is 0 Å². The van der Waals surface area contributed by atoms with E-state index in [1.54, 1.807) is 6.92 Å². The third kappa shape index (κ3) is 18.4. The summed E-state index contributed by atoms with van der Waals surface area (Å²) in [6, 6.07) is 0. The van der Waals surface area contributed by atoms with Crippen LogP contribution in [0.15, 0.2) is 0 Å². The van der Waals surface area contributed by atoms with E-state index in [1.807, 2.05) is 0 Å². The van der Waals surface area contributed by atoms with Gasteiger partial charge in [-0.1, -0.05) is 101 Å². The number of hydrogen-bond donors (Lipinski definition) is 0. The number of hydrogen-bond acceptors (Lipinski definition) is 5. The van der Waals surface area contributed by atoms with Crippen molar-refractivity contribution in [1.29, 1.82) is 0 Å². The van der Waals surface area contributed by atoms with Gasteiger partial charge in [0.25, 0.3) is 0 Å². The molecule has 0 radical (unpaired) electrons. The lowest BCUT2D eigenvalue weighted by molar-refractivity contribution is -0.243. The summed E-state index contributed by atoms with van der Waals surface area (Å²) in [4.78, 5) is 4.80. The molecule has 0 bridgehead atoms. The summed E-state index contributed by atoms with van der Waals surface area (Å²) in [5, 5.41) is 0. The van der Waals surface area contributed by atoms with Crippen molar-refractivity contribution in [2.24, 2.45) is 0 Å². The maximum absolute atomic E-state index is 10.9. The highest BCUT2D eigenvalue weighted by molar-refractivity contribution is 7.81. The first-order chi connectivity index (χ1) is 12.0. The van der Waals surface area contributed by atoms with Gasteiger partial charge >= 0.3 is 10.4 Å². The predicted octanol–water partition coefficient (Wildman–Crippen LogP) is 6.09. The third-order valence-corrected chi connectivity index (χ3v) is 5.11. The van der Waals surface area contributed by atoms with Gasteiger partial charge < -0.3 is 0 Å². The Kier molecular flexibility index (Phi) is 17.1. The first kappa shape index (κ1) is 24.8. The lowest BCUT2D eigenvalue weighted by Gasteiger charge is -2.10. The minimum Gasteiger partial charge on any atom is -0.250 e. The minimum atomic E-state index is -4.00. The van der Waals surface area contributed by atoms with Crippen molar-refractivity contribution in [2.75, 3.05) is 7.11 Å². The van der Waals surface area contributed by atoms with Crippen LogP contribution in [0.1, 0.15) is 110 Å². The van der Waals surface area contributed by atoms with Crippen LogP contribution in [-0.4, -0.2) is 21.6 Å². The predicted molar refractivity (Wildman–Crippen MR) is 102 cm³/mol. The average Bonchev–Trinajstić information content (AvgIpc) is 2.60. The van der Waals surface area contributed by atoms with Gasteiger partial charge in [0, 0.05) is 0 Å². The Morgan fingerprint density at radius 3 is 1.52 bits per heavy atom. The van der Waals surface area contributed by atoms with Crippen LogP contribution in [0, 0.1) is 0 Å². The summed E-state index contributed by atoms with van der Waals surface area (Å²) in [5.41, 5.74) is 0.